The third-order valence-corrected chi connectivity index (χ3v) is 4.77. The standard InChI is InChI=1S/C20H29N3O4/c1-4-11-22(2)20(26)16-7-5-6-8-17(16)23-12-9-15(10-13-23)21-18(24)14-19(25)27-3/h5-8,15H,4,9-14H2,1-3H3,(H,21,24). The average molecular weight is 375 g/mol. The normalized spacial score (nSPS) is 14.6. The molecule has 0 unspecified atom stereocenters. The van der Waals surface area contributed by atoms with E-state index in [9.17, 15) is 14.4 Å². The summed E-state index contributed by atoms with van der Waals surface area (Å²) in [7, 11) is 3.09. The van der Waals surface area contributed by atoms with Gasteiger partial charge in [-0.15, -0.1) is 0 Å². The van der Waals surface area contributed by atoms with Crippen LogP contribution in [-0.4, -0.2) is 62.5 Å². The molecule has 0 bridgehead atoms. The Bertz CT molecular complexity index is 669. The van der Waals surface area contributed by atoms with Crippen LogP contribution in [0.4, 0.5) is 5.69 Å². The van der Waals surface area contributed by atoms with Crippen LogP contribution in [-0.2, 0) is 14.3 Å². The molecule has 2 amide bonds. The van der Waals surface area contributed by atoms with Gasteiger partial charge in [0.05, 0.1) is 12.7 Å². The van der Waals surface area contributed by atoms with Crippen molar-refractivity contribution < 1.29 is 19.1 Å². The fourth-order valence-corrected chi connectivity index (χ4v) is 3.32. The average Bonchev–Trinajstić information content (AvgIpc) is 2.68. The SMILES string of the molecule is CCCN(C)C(=O)c1ccccc1N1CCC(NC(=O)CC(=O)OC)CC1. The number of ether oxygens (including phenoxy) is 1. The van der Waals surface area contributed by atoms with E-state index in [0.29, 0.717) is 5.56 Å². The first-order valence-electron chi connectivity index (χ1n) is 9.41. The topological polar surface area (TPSA) is 79.0 Å². The lowest BCUT2D eigenvalue weighted by atomic mass is 10.0. The van der Waals surface area contributed by atoms with Crippen LogP contribution in [0.3, 0.4) is 0 Å². The predicted octanol–water partition coefficient (Wildman–Crippen LogP) is 1.82. The number of para-hydroxylation sites is 1. The van der Waals surface area contributed by atoms with Crippen molar-refractivity contribution in [3.63, 3.8) is 0 Å². The molecule has 148 valence electrons. The summed E-state index contributed by atoms with van der Waals surface area (Å²) in [6, 6.07) is 7.70. The zero-order chi connectivity index (χ0) is 19.8. The van der Waals surface area contributed by atoms with Gasteiger partial charge in [0.15, 0.2) is 0 Å². The molecule has 7 heteroatoms. The van der Waals surface area contributed by atoms with Crippen LogP contribution in [0.5, 0.6) is 0 Å². The number of carbonyl (C=O) groups excluding carboxylic acids is 3. The lowest BCUT2D eigenvalue weighted by molar-refractivity contribution is -0.144. The first kappa shape index (κ1) is 20.7. The molecule has 0 aliphatic carbocycles. The summed E-state index contributed by atoms with van der Waals surface area (Å²) in [6.45, 7) is 4.26. The minimum atomic E-state index is -0.534. The quantitative estimate of drug-likeness (QED) is 0.581. The Kier molecular flexibility index (Phi) is 7.64. The number of carbonyl (C=O) groups is 3. The molecule has 0 radical (unpaired) electrons. The first-order valence-corrected chi connectivity index (χ1v) is 9.41. The Hall–Kier alpha value is -2.57. The first-order chi connectivity index (χ1) is 13.0. The van der Waals surface area contributed by atoms with Gasteiger partial charge in [0.1, 0.15) is 6.42 Å². The Balaban J connectivity index is 1.97. The molecule has 0 aromatic heterocycles. The van der Waals surface area contributed by atoms with Crippen molar-refractivity contribution in [2.45, 2.75) is 38.6 Å². The van der Waals surface area contributed by atoms with Gasteiger partial charge >= 0.3 is 5.97 Å². The molecule has 1 aromatic carbocycles. The van der Waals surface area contributed by atoms with Crippen molar-refractivity contribution >= 4 is 23.5 Å². The van der Waals surface area contributed by atoms with Crippen molar-refractivity contribution in [2.24, 2.45) is 0 Å². The summed E-state index contributed by atoms with van der Waals surface area (Å²) in [5.41, 5.74) is 1.64. The number of hydrogen-bond acceptors (Lipinski definition) is 5. The molecule has 27 heavy (non-hydrogen) atoms. The minimum Gasteiger partial charge on any atom is -0.469 e. The van der Waals surface area contributed by atoms with Crippen LogP contribution in [0.25, 0.3) is 0 Å². The van der Waals surface area contributed by atoms with Gasteiger partial charge in [0, 0.05) is 38.4 Å². The fraction of sp³-hybridized carbons (Fsp3) is 0.550. The van der Waals surface area contributed by atoms with Gasteiger partial charge in [0.25, 0.3) is 5.91 Å². The highest BCUT2D eigenvalue weighted by Crippen LogP contribution is 2.25. The minimum absolute atomic E-state index is 0.0287. The zero-order valence-electron chi connectivity index (χ0n) is 16.4. The molecule has 1 aliphatic heterocycles. The highest BCUT2D eigenvalue weighted by atomic mass is 16.5. The second-order valence-corrected chi connectivity index (χ2v) is 6.83. The van der Waals surface area contributed by atoms with E-state index < -0.39 is 5.97 Å². The smallest absolute Gasteiger partial charge is 0.315 e. The van der Waals surface area contributed by atoms with Gasteiger partial charge in [0.2, 0.25) is 5.91 Å². The molecule has 0 saturated carbocycles. The van der Waals surface area contributed by atoms with Crippen molar-refractivity contribution in [1.82, 2.24) is 10.2 Å². The van der Waals surface area contributed by atoms with E-state index in [0.717, 1.165) is 44.6 Å². The maximum Gasteiger partial charge on any atom is 0.315 e. The molecular weight excluding hydrogens is 346 g/mol. The van der Waals surface area contributed by atoms with E-state index in [1.807, 2.05) is 31.3 Å². The van der Waals surface area contributed by atoms with E-state index in [2.05, 4.69) is 21.9 Å². The molecule has 0 atom stereocenters. The Labute approximate surface area is 160 Å². The Morgan fingerprint density at radius 1 is 1.22 bits per heavy atom. The second-order valence-electron chi connectivity index (χ2n) is 6.83. The van der Waals surface area contributed by atoms with Crippen LogP contribution in [0, 0.1) is 0 Å². The van der Waals surface area contributed by atoms with Gasteiger partial charge in [-0.05, 0) is 31.4 Å². The molecule has 1 heterocycles. The third-order valence-electron chi connectivity index (χ3n) is 4.77. The van der Waals surface area contributed by atoms with Gasteiger partial charge in [-0.25, -0.2) is 0 Å². The summed E-state index contributed by atoms with van der Waals surface area (Å²) in [6.07, 6.45) is 2.19. The molecule has 1 N–H and O–H groups in total. The molecule has 1 aromatic rings. The summed E-state index contributed by atoms with van der Waals surface area (Å²) < 4.78 is 4.51. The summed E-state index contributed by atoms with van der Waals surface area (Å²) in [4.78, 5) is 39.7. The number of benzene rings is 1. The number of amides is 2. The van der Waals surface area contributed by atoms with Crippen LogP contribution in [0.1, 0.15) is 43.0 Å². The van der Waals surface area contributed by atoms with Crippen LogP contribution < -0.4 is 10.2 Å². The van der Waals surface area contributed by atoms with Crippen LogP contribution in [0.15, 0.2) is 24.3 Å². The molecule has 1 fully saturated rings. The maximum absolute atomic E-state index is 12.7. The monoisotopic (exact) mass is 375 g/mol. The van der Waals surface area contributed by atoms with E-state index in [1.165, 1.54) is 7.11 Å². The van der Waals surface area contributed by atoms with Crippen LogP contribution in [0.2, 0.25) is 0 Å². The zero-order valence-corrected chi connectivity index (χ0v) is 16.4. The number of nitrogens with one attached hydrogen (secondary N) is 1. The molecular formula is C20H29N3O4. The fourth-order valence-electron chi connectivity index (χ4n) is 3.32. The van der Waals surface area contributed by atoms with E-state index in [1.54, 1.807) is 4.90 Å². The number of hydrogen-bond donors (Lipinski definition) is 1. The Morgan fingerprint density at radius 2 is 1.89 bits per heavy atom. The van der Waals surface area contributed by atoms with Crippen molar-refractivity contribution in [3.8, 4) is 0 Å². The predicted molar refractivity (Wildman–Crippen MR) is 104 cm³/mol. The number of methoxy groups -OCH3 is 1. The second kappa shape index (κ2) is 9.94. The molecule has 1 aliphatic rings. The molecule has 7 nitrogen and oxygen atoms in total. The Morgan fingerprint density at radius 3 is 2.52 bits per heavy atom. The lowest BCUT2D eigenvalue weighted by Crippen LogP contribution is -2.45. The van der Waals surface area contributed by atoms with E-state index in [4.69, 9.17) is 0 Å². The number of piperidine rings is 1. The summed E-state index contributed by atoms with van der Waals surface area (Å²) in [5.74, 6) is -0.813. The van der Waals surface area contributed by atoms with Crippen molar-refractivity contribution in [2.75, 3.05) is 38.7 Å². The lowest BCUT2D eigenvalue weighted by Gasteiger charge is -2.35. The summed E-state index contributed by atoms with van der Waals surface area (Å²) >= 11 is 0. The van der Waals surface area contributed by atoms with E-state index >= 15 is 0 Å². The molecule has 2 rings (SSSR count). The number of anilines is 1. The largest absolute Gasteiger partial charge is 0.469 e. The summed E-state index contributed by atoms with van der Waals surface area (Å²) in [5, 5.41) is 2.89. The number of esters is 1. The van der Waals surface area contributed by atoms with Crippen LogP contribution >= 0.6 is 0 Å². The highest BCUT2D eigenvalue weighted by molar-refractivity contribution is 5.99. The number of rotatable bonds is 7. The van der Waals surface area contributed by atoms with Crippen molar-refractivity contribution in [3.05, 3.63) is 29.8 Å². The maximum atomic E-state index is 12.7. The highest BCUT2D eigenvalue weighted by Gasteiger charge is 2.25. The van der Waals surface area contributed by atoms with Gasteiger partial charge in [-0.3, -0.25) is 14.4 Å². The van der Waals surface area contributed by atoms with Gasteiger partial charge in [-0.1, -0.05) is 19.1 Å². The van der Waals surface area contributed by atoms with Gasteiger partial charge < -0.3 is 19.9 Å². The van der Waals surface area contributed by atoms with Gasteiger partial charge in [-0.2, -0.15) is 0 Å². The molecule has 1 saturated heterocycles. The number of nitrogens with zero attached hydrogens (tertiary/aromatic N) is 2. The molecule has 0 spiro atoms. The van der Waals surface area contributed by atoms with E-state index in [-0.39, 0.29) is 24.3 Å². The van der Waals surface area contributed by atoms with Crippen molar-refractivity contribution in [1.29, 1.82) is 0 Å². The third kappa shape index (κ3) is 5.70.